The van der Waals surface area contributed by atoms with E-state index in [0.717, 1.165) is 0 Å². The van der Waals surface area contributed by atoms with Gasteiger partial charge in [0.2, 0.25) is 5.91 Å². The lowest BCUT2D eigenvalue weighted by Gasteiger charge is -2.37. The van der Waals surface area contributed by atoms with E-state index in [-0.39, 0.29) is 6.54 Å². The summed E-state index contributed by atoms with van der Waals surface area (Å²) >= 11 is 0. The van der Waals surface area contributed by atoms with Crippen LogP contribution < -0.4 is 11.1 Å². The number of carbonyl (C=O) groups is 2. The Morgan fingerprint density at radius 3 is 2.14 bits per heavy atom. The van der Waals surface area contributed by atoms with Crippen LogP contribution in [0, 0.1) is 0 Å². The standard InChI is InChI=1S/C14H29N3O4/c1-13(2,3)17(12(20)21-14(4,5)6)8-7-16-9-10(18)11(15)19/h10,16,18H,7-9H2,1-6H3,(H2,15,19). The topological polar surface area (TPSA) is 105 Å². The summed E-state index contributed by atoms with van der Waals surface area (Å²) in [5, 5.41) is 12.2. The third kappa shape index (κ3) is 8.52. The molecule has 0 radical (unpaired) electrons. The number of hydrogen-bond donors (Lipinski definition) is 3. The molecule has 0 aliphatic heterocycles. The number of nitrogens with two attached hydrogens (primary N) is 1. The fourth-order valence-electron chi connectivity index (χ4n) is 1.55. The Labute approximate surface area is 126 Å². The first kappa shape index (κ1) is 19.7. The molecule has 1 unspecified atom stereocenters. The largest absolute Gasteiger partial charge is 0.444 e. The van der Waals surface area contributed by atoms with Gasteiger partial charge in [0.05, 0.1) is 0 Å². The molecule has 0 bridgehead atoms. The highest BCUT2D eigenvalue weighted by Crippen LogP contribution is 2.17. The van der Waals surface area contributed by atoms with E-state index in [1.807, 2.05) is 41.5 Å². The van der Waals surface area contributed by atoms with E-state index in [1.54, 1.807) is 4.90 Å². The van der Waals surface area contributed by atoms with E-state index in [1.165, 1.54) is 0 Å². The molecule has 7 heteroatoms. The molecule has 0 saturated heterocycles. The van der Waals surface area contributed by atoms with Gasteiger partial charge in [-0.3, -0.25) is 4.79 Å². The van der Waals surface area contributed by atoms with Crippen LogP contribution >= 0.6 is 0 Å². The summed E-state index contributed by atoms with van der Waals surface area (Å²) in [7, 11) is 0. The second kappa shape index (κ2) is 7.61. The zero-order chi connectivity index (χ0) is 16.8. The maximum atomic E-state index is 12.2. The molecule has 4 N–H and O–H groups in total. The Balaban J connectivity index is 4.47. The number of nitrogens with zero attached hydrogens (tertiary/aromatic N) is 1. The quantitative estimate of drug-likeness (QED) is 0.618. The number of ether oxygens (including phenoxy) is 1. The summed E-state index contributed by atoms with van der Waals surface area (Å²) in [5.74, 6) is -0.776. The molecule has 0 aromatic carbocycles. The molecule has 0 aromatic rings. The fourth-order valence-corrected chi connectivity index (χ4v) is 1.55. The van der Waals surface area contributed by atoms with Crippen LogP contribution in [0.5, 0.6) is 0 Å². The van der Waals surface area contributed by atoms with Crippen molar-refractivity contribution in [1.82, 2.24) is 10.2 Å². The van der Waals surface area contributed by atoms with Crippen LogP contribution in [0.15, 0.2) is 0 Å². The first-order valence-electron chi connectivity index (χ1n) is 7.03. The van der Waals surface area contributed by atoms with Crippen molar-refractivity contribution in [3.63, 3.8) is 0 Å². The van der Waals surface area contributed by atoms with Crippen LogP contribution in [0.2, 0.25) is 0 Å². The number of amides is 2. The van der Waals surface area contributed by atoms with Gasteiger partial charge in [0.1, 0.15) is 11.7 Å². The van der Waals surface area contributed by atoms with Gasteiger partial charge in [0, 0.05) is 25.2 Å². The van der Waals surface area contributed by atoms with Crippen molar-refractivity contribution in [2.24, 2.45) is 5.73 Å². The van der Waals surface area contributed by atoms with Crippen LogP contribution in [0.1, 0.15) is 41.5 Å². The van der Waals surface area contributed by atoms with Gasteiger partial charge in [-0.25, -0.2) is 4.79 Å². The highest BCUT2D eigenvalue weighted by atomic mass is 16.6. The molecule has 2 amide bonds. The highest BCUT2D eigenvalue weighted by molar-refractivity contribution is 5.78. The van der Waals surface area contributed by atoms with Gasteiger partial charge in [-0.05, 0) is 41.5 Å². The molecule has 0 fully saturated rings. The SMILES string of the molecule is CC(C)(C)OC(=O)N(CCNCC(O)C(N)=O)C(C)(C)C. The van der Waals surface area contributed by atoms with Gasteiger partial charge in [0.25, 0.3) is 0 Å². The number of hydrogen-bond acceptors (Lipinski definition) is 5. The van der Waals surface area contributed by atoms with Crippen molar-refractivity contribution in [3.05, 3.63) is 0 Å². The average molecular weight is 303 g/mol. The second-order valence-corrected chi connectivity index (χ2v) is 6.93. The van der Waals surface area contributed by atoms with Crippen LogP contribution in [-0.2, 0) is 9.53 Å². The molecular weight excluding hydrogens is 274 g/mol. The Morgan fingerprint density at radius 1 is 1.24 bits per heavy atom. The molecule has 0 aliphatic carbocycles. The van der Waals surface area contributed by atoms with Crippen LogP contribution in [-0.4, -0.2) is 58.9 Å². The third-order valence-electron chi connectivity index (χ3n) is 2.60. The molecule has 1 atom stereocenters. The molecule has 0 spiro atoms. The zero-order valence-corrected chi connectivity index (χ0v) is 13.9. The molecule has 0 heterocycles. The number of aliphatic hydroxyl groups is 1. The number of carbonyl (C=O) groups excluding carboxylic acids is 2. The van der Waals surface area contributed by atoms with Crippen molar-refractivity contribution in [2.45, 2.75) is 58.8 Å². The molecule has 0 rings (SSSR count). The number of nitrogens with one attached hydrogen (secondary N) is 1. The third-order valence-corrected chi connectivity index (χ3v) is 2.60. The fraction of sp³-hybridized carbons (Fsp3) is 0.857. The first-order valence-corrected chi connectivity index (χ1v) is 7.03. The summed E-state index contributed by atoms with van der Waals surface area (Å²) in [6.45, 7) is 12.0. The lowest BCUT2D eigenvalue weighted by atomic mass is 10.1. The van der Waals surface area contributed by atoms with E-state index in [0.29, 0.717) is 13.1 Å². The van der Waals surface area contributed by atoms with Gasteiger partial charge in [-0.1, -0.05) is 0 Å². The van der Waals surface area contributed by atoms with E-state index >= 15 is 0 Å². The van der Waals surface area contributed by atoms with Crippen LogP contribution in [0.3, 0.4) is 0 Å². The number of rotatable bonds is 6. The van der Waals surface area contributed by atoms with Crippen molar-refractivity contribution >= 4 is 12.0 Å². The van der Waals surface area contributed by atoms with Crippen molar-refractivity contribution < 1.29 is 19.4 Å². The van der Waals surface area contributed by atoms with Gasteiger partial charge >= 0.3 is 6.09 Å². The summed E-state index contributed by atoms with van der Waals surface area (Å²) in [6, 6.07) is 0. The predicted molar refractivity (Wildman–Crippen MR) is 80.8 cm³/mol. The summed E-state index contributed by atoms with van der Waals surface area (Å²) in [5.41, 5.74) is 4.00. The normalized spacial score (nSPS) is 13.7. The minimum absolute atomic E-state index is 0.0572. The van der Waals surface area contributed by atoms with Gasteiger partial charge < -0.3 is 25.8 Å². The maximum absolute atomic E-state index is 12.2. The van der Waals surface area contributed by atoms with E-state index in [9.17, 15) is 14.7 Å². The van der Waals surface area contributed by atoms with Gasteiger partial charge in [-0.2, -0.15) is 0 Å². The molecule has 0 aromatic heterocycles. The smallest absolute Gasteiger partial charge is 0.410 e. The average Bonchev–Trinajstić information content (AvgIpc) is 2.23. The molecule has 0 aliphatic rings. The van der Waals surface area contributed by atoms with Crippen molar-refractivity contribution in [1.29, 1.82) is 0 Å². The van der Waals surface area contributed by atoms with E-state index in [2.05, 4.69) is 5.32 Å². The molecule has 124 valence electrons. The molecule has 7 nitrogen and oxygen atoms in total. The summed E-state index contributed by atoms with van der Waals surface area (Å²) < 4.78 is 5.38. The summed E-state index contributed by atoms with van der Waals surface area (Å²) in [6.07, 6.45) is -1.62. The highest BCUT2D eigenvalue weighted by Gasteiger charge is 2.30. The van der Waals surface area contributed by atoms with Crippen molar-refractivity contribution in [2.75, 3.05) is 19.6 Å². The molecular formula is C14H29N3O4. The lowest BCUT2D eigenvalue weighted by molar-refractivity contribution is -0.125. The Kier molecular flexibility index (Phi) is 7.12. The lowest BCUT2D eigenvalue weighted by Crippen LogP contribution is -2.51. The van der Waals surface area contributed by atoms with E-state index in [4.69, 9.17) is 10.5 Å². The van der Waals surface area contributed by atoms with Crippen molar-refractivity contribution in [3.8, 4) is 0 Å². The second-order valence-electron chi connectivity index (χ2n) is 6.93. The molecule has 0 saturated carbocycles. The minimum Gasteiger partial charge on any atom is -0.444 e. The predicted octanol–water partition coefficient (Wildman–Crippen LogP) is 0.458. The van der Waals surface area contributed by atoms with Gasteiger partial charge in [0.15, 0.2) is 0 Å². The maximum Gasteiger partial charge on any atom is 0.410 e. The Hall–Kier alpha value is -1.34. The Morgan fingerprint density at radius 2 is 1.76 bits per heavy atom. The summed E-state index contributed by atoms with van der Waals surface area (Å²) in [4.78, 5) is 24.5. The van der Waals surface area contributed by atoms with Crippen LogP contribution in [0.25, 0.3) is 0 Å². The monoisotopic (exact) mass is 303 g/mol. The Bertz CT molecular complexity index is 358. The zero-order valence-electron chi connectivity index (χ0n) is 13.9. The number of primary amides is 1. The first-order chi connectivity index (χ1) is 9.34. The minimum atomic E-state index is -1.23. The van der Waals surface area contributed by atoms with Gasteiger partial charge in [-0.15, -0.1) is 0 Å². The van der Waals surface area contributed by atoms with Crippen LogP contribution in [0.4, 0.5) is 4.79 Å². The van der Waals surface area contributed by atoms with E-state index < -0.39 is 29.2 Å². The number of aliphatic hydroxyl groups excluding tert-OH is 1. The molecule has 21 heavy (non-hydrogen) atoms.